The van der Waals surface area contributed by atoms with Gasteiger partial charge in [0.15, 0.2) is 0 Å². The van der Waals surface area contributed by atoms with Crippen molar-refractivity contribution in [3.63, 3.8) is 0 Å². The molecule has 1 N–H and O–H groups in total. The number of carbonyl (C=O) groups is 3. The molecule has 0 amide bonds. The number of esters is 3. The Kier molecular flexibility index (Phi) is 15.2. The van der Waals surface area contributed by atoms with Crippen LogP contribution in [0.15, 0.2) is 5.11 Å². The maximum absolute atomic E-state index is 12.5. The zero-order valence-corrected chi connectivity index (χ0v) is 22.6. The Hall–Kier alpha value is -2.40. The van der Waals surface area contributed by atoms with Gasteiger partial charge in [0.2, 0.25) is 0 Å². The number of ether oxygens (including phenoxy) is 3. The number of rotatable bonds is 16. The van der Waals surface area contributed by atoms with Gasteiger partial charge in [-0.05, 0) is 60.0 Å². The number of likely N-dealkylation sites (N-methyl/N-ethyl adjacent to an activating group) is 1. The molecule has 35 heavy (non-hydrogen) atoms. The summed E-state index contributed by atoms with van der Waals surface area (Å²) in [5.74, 6) is -1.12. The number of hydrogen-bond acceptors (Lipinski definition) is 10. The fourth-order valence-corrected chi connectivity index (χ4v) is 3.25. The van der Waals surface area contributed by atoms with Crippen molar-refractivity contribution >= 4 is 17.9 Å². The summed E-state index contributed by atoms with van der Waals surface area (Å²) in [5.41, 5.74) is 7.38. The Bertz CT molecular complexity index is 712. The van der Waals surface area contributed by atoms with Gasteiger partial charge in [-0.25, -0.2) is 0 Å². The van der Waals surface area contributed by atoms with E-state index in [9.17, 15) is 14.4 Å². The zero-order chi connectivity index (χ0) is 27.1. The van der Waals surface area contributed by atoms with Gasteiger partial charge in [-0.1, -0.05) is 12.0 Å². The number of azide groups is 1. The van der Waals surface area contributed by atoms with Crippen LogP contribution < -0.4 is 5.32 Å². The Morgan fingerprint density at radius 1 is 1.00 bits per heavy atom. The average Bonchev–Trinajstić information content (AvgIpc) is 2.72. The van der Waals surface area contributed by atoms with E-state index in [1.807, 2.05) is 16.7 Å². The molecule has 202 valence electrons. The molecule has 0 saturated heterocycles. The van der Waals surface area contributed by atoms with Crippen LogP contribution in [0.2, 0.25) is 0 Å². The molecule has 12 heteroatoms. The summed E-state index contributed by atoms with van der Waals surface area (Å²) >= 11 is 0. The van der Waals surface area contributed by atoms with Gasteiger partial charge in [0.05, 0.1) is 20.2 Å². The largest absolute Gasteiger partial charge is 0.468 e. The number of carbonyl (C=O) groups excluding carboxylic acids is 3. The topological polar surface area (TPSA) is 146 Å². The van der Waals surface area contributed by atoms with Gasteiger partial charge in [0.25, 0.3) is 0 Å². The van der Waals surface area contributed by atoms with Crippen LogP contribution in [0.5, 0.6) is 0 Å². The standard InChI is InChI=1S/C23H44N6O6/c1-9-29(18(21(32)33-8)10-11-26-27-24)15-14-28(17-20(31)35-23(5,6)7)13-12-25-16-19(30)34-22(2,3)4/h18,25H,9-17H2,1-8H3. The number of nitrogens with zero attached hydrogens (tertiary/aromatic N) is 5. The highest BCUT2D eigenvalue weighted by atomic mass is 16.6. The molecule has 0 aliphatic rings. The molecular formula is C23H44N6O6. The lowest BCUT2D eigenvalue weighted by Crippen LogP contribution is -2.48. The first-order valence-corrected chi connectivity index (χ1v) is 11.9. The Morgan fingerprint density at radius 2 is 1.60 bits per heavy atom. The average molecular weight is 501 g/mol. The van der Waals surface area contributed by atoms with E-state index in [0.29, 0.717) is 39.1 Å². The Balaban J connectivity index is 5.14. The molecule has 0 heterocycles. The maximum Gasteiger partial charge on any atom is 0.323 e. The van der Waals surface area contributed by atoms with Gasteiger partial charge >= 0.3 is 17.9 Å². The number of nitrogens with one attached hydrogen (secondary N) is 1. The van der Waals surface area contributed by atoms with Crippen molar-refractivity contribution in [1.82, 2.24) is 15.1 Å². The number of hydrogen-bond donors (Lipinski definition) is 1. The molecule has 0 aromatic heterocycles. The van der Waals surface area contributed by atoms with Crippen molar-refractivity contribution in [1.29, 1.82) is 0 Å². The van der Waals surface area contributed by atoms with E-state index in [-0.39, 0.29) is 31.6 Å². The predicted molar refractivity (Wildman–Crippen MR) is 133 cm³/mol. The summed E-state index contributed by atoms with van der Waals surface area (Å²) in [5, 5.41) is 6.57. The molecule has 0 aromatic rings. The third kappa shape index (κ3) is 16.8. The van der Waals surface area contributed by atoms with E-state index in [1.165, 1.54) is 7.11 Å². The summed E-state index contributed by atoms with van der Waals surface area (Å²) in [6, 6.07) is -0.566. The van der Waals surface area contributed by atoms with Crippen LogP contribution in [0.1, 0.15) is 54.9 Å². The second kappa shape index (κ2) is 16.3. The molecular weight excluding hydrogens is 456 g/mol. The van der Waals surface area contributed by atoms with Gasteiger partial charge in [-0.15, -0.1) is 0 Å². The molecule has 0 fully saturated rings. The molecule has 12 nitrogen and oxygen atoms in total. The van der Waals surface area contributed by atoms with E-state index in [1.54, 1.807) is 41.5 Å². The van der Waals surface area contributed by atoms with Crippen LogP contribution in [-0.4, -0.2) is 104 Å². The smallest absolute Gasteiger partial charge is 0.323 e. The third-order valence-electron chi connectivity index (χ3n) is 4.66. The molecule has 0 rings (SSSR count). The summed E-state index contributed by atoms with van der Waals surface area (Å²) in [7, 11) is 1.32. The second-order valence-electron chi connectivity index (χ2n) is 10.0. The van der Waals surface area contributed by atoms with E-state index < -0.39 is 23.2 Å². The van der Waals surface area contributed by atoms with Crippen molar-refractivity contribution < 1.29 is 28.6 Å². The molecule has 0 radical (unpaired) electrons. The van der Waals surface area contributed by atoms with Crippen LogP contribution in [0.25, 0.3) is 10.4 Å². The van der Waals surface area contributed by atoms with Gasteiger partial charge in [-0.2, -0.15) is 0 Å². The first-order chi connectivity index (χ1) is 16.2. The molecule has 0 aromatic carbocycles. The van der Waals surface area contributed by atoms with Crippen LogP contribution in [0.4, 0.5) is 0 Å². The highest BCUT2D eigenvalue weighted by Gasteiger charge is 2.26. The highest BCUT2D eigenvalue weighted by molar-refractivity contribution is 5.75. The van der Waals surface area contributed by atoms with E-state index >= 15 is 0 Å². The summed E-state index contributed by atoms with van der Waals surface area (Å²) in [4.78, 5) is 43.3. The third-order valence-corrected chi connectivity index (χ3v) is 4.66. The molecule has 1 unspecified atom stereocenters. The van der Waals surface area contributed by atoms with Gasteiger partial charge < -0.3 is 19.5 Å². The fourth-order valence-electron chi connectivity index (χ4n) is 3.25. The van der Waals surface area contributed by atoms with Crippen molar-refractivity contribution in [3.05, 3.63) is 10.4 Å². The van der Waals surface area contributed by atoms with E-state index in [2.05, 4.69) is 15.3 Å². The second-order valence-corrected chi connectivity index (χ2v) is 10.0. The Morgan fingerprint density at radius 3 is 2.11 bits per heavy atom. The molecule has 0 spiro atoms. The van der Waals surface area contributed by atoms with Gasteiger partial charge in [-0.3, -0.25) is 24.2 Å². The first kappa shape index (κ1) is 32.6. The van der Waals surface area contributed by atoms with Crippen molar-refractivity contribution in [2.45, 2.75) is 72.1 Å². The van der Waals surface area contributed by atoms with Crippen LogP contribution in [0.3, 0.4) is 0 Å². The molecule has 0 aliphatic heterocycles. The lowest BCUT2D eigenvalue weighted by molar-refractivity contribution is -0.157. The van der Waals surface area contributed by atoms with Crippen LogP contribution in [0, 0.1) is 0 Å². The van der Waals surface area contributed by atoms with Gasteiger partial charge in [0, 0.05) is 37.6 Å². The maximum atomic E-state index is 12.5. The van der Waals surface area contributed by atoms with Crippen LogP contribution in [-0.2, 0) is 28.6 Å². The lowest BCUT2D eigenvalue weighted by Gasteiger charge is -2.31. The molecule has 0 saturated carbocycles. The predicted octanol–water partition coefficient (Wildman–Crippen LogP) is 2.13. The van der Waals surface area contributed by atoms with E-state index in [4.69, 9.17) is 19.7 Å². The zero-order valence-electron chi connectivity index (χ0n) is 22.6. The molecule has 0 bridgehead atoms. The Labute approximate surface area is 209 Å². The fraction of sp³-hybridized carbons (Fsp3) is 0.870. The number of methoxy groups -OCH3 is 1. The SMILES string of the molecule is CCN(CCN(CCNCC(=O)OC(C)(C)C)CC(=O)OC(C)(C)C)C(CCN=[N+]=[N-])C(=O)OC. The first-order valence-electron chi connectivity index (χ1n) is 11.9. The van der Waals surface area contributed by atoms with Crippen molar-refractivity contribution in [2.75, 3.05) is 59.5 Å². The minimum atomic E-state index is -0.607. The lowest BCUT2D eigenvalue weighted by atomic mass is 10.1. The minimum absolute atomic E-state index is 0.0580. The summed E-state index contributed by atoms with van der Waals surface area (Å²) in [6.07, 6.45) is 0.327. The van der Waals surface area contributed by atoms with Gasteiger partial charge in [0.1, 0.15) is 17.2 Å². The molecule has 1 atom stereocenters. The monoisotopic (exact) mass is 500 g/mol. The highest BCUT2D eigenvalue weighted by Crippen LogP contribution is 2.10. The normalized spacial score (nSPS) is 12.7. The molecule has 0 aliphatic carbocycles. The minimum Gasteiger partial charge on any atom is -0.468 e. The summed E-state index contributed by atoms with van der Waals surface area (Å²) < 4.78 is 15.7. The van der Waals surface area contributed by atoms with Crippen molar-refractivity contribution in [3.8, 4) is 0 Å². The van der Waals surface area contributed by atoms with Crippen LogP contribution >= 0.6 is 0 Å². The van der Waals surface area contributed by atoms with Crippen molar-refractivity contribution in [2.24, 2.45) is 5.11 Å². The quantitative estimate of drug-likeness (QED) is 0.0840. The summed E-state index contributed by atoms with van der Waals surface area (Å²) in [6.45, 7) is 15.5. The van der Waals surface area contributed by atoms with E-state index in [0.717, 1.165) is 0 Å².